The lowest BCUT2D eigenvalue weighted by Crippen LogP contribution is -2.37. The van der Waals surface area contributed by atoms with Crippen LogP contribution in [0.25, 0.3) is 11.1 Å². The molecule has 1 heterocycles. The molecule has 2 fully saturated rings. The molecule has 35 heavy (non-hydrogen) atoms. The molecular formula is C32H29BO2. The fourth-order valence-electron chi connectivity index (χ4n) is 5.59. The molecule has 1 aliphatic heterocycles. The van der Waals surface area contributed by atoms with Crippen LogP contribution in [0.5, 0.6) is 0 Å². The Bertz CT molecular complexity index is 1320. The minimum absolute atomic E-state index is 0.217. The van der Waals surface area contributed by atoms with Crippen LogP contribution in [0.1, 0.15) is 43.0 Å². The first kappa shape index (κ1) is 22.1. The Kier molecular flexibility index (Phi) is 5.28. The van der Waals surface area contributed by atoms with Crippen molar-refractivity contribution in [2.45, 2.75) is 32.0 Å². The first-order valence-electron chi connectivity index (χ1n) is 12.4. The summed E-state index contributed by atoms with van der Waals surface area (Å²) in [5.74, 6) is 0.400. The quantitative estimate of drug-likeness (QED) is 0.249. The summed E-state index contributed by atoms with van der Waals surface area (Å²) in [6.45, 7) is 6.54. The van der Waals surface area contributed by atoms with E-state index in [1.54, 1.807) is 0 Å². The van der Waals surface area contributed by atoms with E-state index in [4.69, 9.17) is 9.31 Å². The first-order valence-corrected chi connectivity index (χ1v) is 12.4. The van der Waals surface area contributed by atoms with Crippen LogP contribution in [0.3, 0.4) is 0 Å². The van der Waals surface area contributed by atoms with Gasteiger partial charge >= 0.3 is 7.12 Å². The average Bonchev–Trinajstić information content (AvgIpc) is 3.15. The second-order valence-electron chi connectivity index (χ2n) is 9.98. The van der Waals surface area contributed by atoms with Crippen molar-refractivity contribution in [1.29, 1.82) is 0 Å². The Hall–Kier alpha value is -3.40. The smallest absolute Gasteiger partial charge is 0.399 e. The van der Waals surface area contributed by atoms with Crippen molar-refractivity contribution in [3.63, 3.8) is 0 Å². The topological polar surface area (TPSA) is 18.5 Å². The van der Waals surface area contributed by atoms with Gasteiger partial charge in [0.05, 0.1) is 11.2 Å². The molecule has 1 aliphatic carbocycles. The van der Waals surface area contributed by atoms with Gasteiger partial charge in [-0.1, -0.05) is 122 Å². The lowest BCUT2D eigenvalue weighted by atomic mass is 9.76. The summed E-state index contributed by atoms with van der Waals surface area (Å²) in [5, 5.41) is 0. The van der Waals surface area contributed by atoms with E-state index >= 15 is 0 Å². The fourth-order valence-corrected chi connectivity index (χ4v) is 5.59. The van der Waals surface area contributed by atoms with Crippen LogP contribution in [0.2, 0.25) is 0 Å². The van der Waals surface area contributed by atoms with Crippen LogP contribution in [0, 0.1) is 5.92 Å². The summed E-state index contributed by atoms with van der Waals surface area (Å²) >= 11 is 0. The van der Waals surface area contributed by atoms with Crippen LogP contribution in [0.15, 0.2) is 115 Å². The maximum atomic E-state index is 6.46. The molecule has 2 atom stereocenters. The molecule has 4 aromatic carbocycles. The summed E-state index contributed by atoms with van der Waals surface area (Å²) < 4.78 is 12.9. The molecule has 0 amide bonds. The van der Waals surface area contributed by atoms with Gasteiger partial charge in [0, 0.05) is 5.92 Å². The van der Waals surface area contributed by atoms with Gasteiger partial charge in [-0.15, -0.1) is 0 Å². The van der Waals surface area contributed by atoms with Gasteiger partial charge < -0.3 is 9.31 Å². The van der Waals surface area contributed by atoms with E-state index < -0.39 is 0 Å². The molecule has 172 valence electrons. The summed E-state index contributed by atoms with van der Waals surface area (Å²) in [4.78, 5) is 0. The lowest BCUT2D eigenvalue weighted by Gasteiger charge is -2.20. The second kappa shape index (κ2) is 8.37. The highest BCUT2D eigenvalue weighted by Gasteiger charge is 2.77. The van der Waals surface area contributed by atoms with Crippen molar-refractivity contribution in [2.75, 3.05) is 0 Å². The Morgan fingerprint density at radius 2 is 0.971 bits per heavy atom. The van der Waals surface area contributed by atoms with E-state index in [1.807, 2.05) is 0 Å². The van der Waals surface area contributed by atoms with Gasteiger partial charge in [0.1, 0.15) is 0 Å². The van der Waals surface area contributed by atoms with Crippen LogP contribution < -0.4 is 5.46 Å². The molecule has 2 nitrogen and oxygen atoms in total. The predicted octanol–water partition coefficient (Wildman–Crippen LogP) is 6.60. The summed E-state index contributed by atoms with van der Waals surface area (Å²) in [7, 11) is -0.352. The van der Waals surface area contributed by atoms with Gasteiger partial charge in [-0.25, -0.2) is 0 Å². The van der Waals surface area contributed by atoms with Gasteiger partial charge in [0.15, 0.2) is 0 Å². The van der Waals surface area contributed by atoms with E-state index in [9.17, 15) is 0 Å². The first-order chi connectivity index (χ1) is 17.0. The van der Waals surface area contributed by atoms with Gasteiger partial charge in [-0.2, -0.15) is 0 Å². The summed E-state index contributed by atoms with van der Waals surface area (Å²) in [6, 6.07) is 40.6. The zero-order chi connectivity index (χ0) is 24.0. The monoisotopic (exact) mass is 456 g/mol. The third kappa shape index (κ3) is 3.58. The maximum absolute atomic E-state index is 6.46. The highest BCUT2D eigenvalue weighted by molar-refractivity contribution is 6.62. The van der Waals surface area contributed by atoms with E-state index in [0.717, 1.165) is 11.0 Å². The third-order valence-corrected chi connectivity index (χ3v) is 8.14. The molecule has 0 bridgehead atoms. The fraction of sp³-hybridized carbons (Fsp3) is 0.188. The molecule has 0 radical (unpaired) electrons. The molecule has 3 heteroatoms. The molecular weight excluding hydrogens is 427 g/mol. The van der Waals surface area contributed by atoms with Gasteiger partial charge in [0.2, 0.25) is 0 Å². The van der Waals surface area contributed by atoms with Crippen LogP contribution in [-0.2, 0) is 9.31 Å². The zero-order valence-corrected chi connectivity index (χ0v) is 20.4. The Balaban J connectivity index is 1.54. The van der Waals surface area contributed by atoms with Gasteiger partial charge in [0.25, 0.3) is 0 Å². The highest BCUT2D eigenvalue weighted by Crippen LogP contribution is 2.63. The summed E-state index contributed by atoms with van der Waals surface area (Å²) in [6.07, 6.45) is 0. The zero-order valence-electron chi connectivity index (χ0n) is 20.4. The molecule has 6 rings (SSSR count). The minimum Gasteiger partial charge on any atom is -0.399 e. The molecule has 1 saturated carbocycles. The Labute approximate surface area is 208 Å². The highest BCUT2D eigenvalue weighted by atomic mass is 16.7. The van der Waals surface area contributed by atoms with Crippen LogP contribution in [-0.4, -0.2) is 18.3 Å². The largest absolute Gasteiger partial charge is 0.494 e. The molecule has 2 aliphatic rings. The average molecular weight is 456 g/mol. The molecule has 0 aromatic heterocycles. The normalized spacial score (nSPS) is 24.7. The molecule has 1 saturated heterocycles. The number of rotatable bonds is 5. The Morgan fingerprint density at radius 3 is 1.43 bits per heavy atom. The van der Waals surface area contributed by atoms with Crippen LogP contribution in [0.4, 0.5) is 0 Å². The molecule has 2 unspecified atom stereocenters. The molecule has 0 N–H and O–H groups in total. The number of fused-ring (bicyclic) bond motifs is 1. The predicted molar refractivity (Wildman–Crippen MR) is 144 cm³/mol. The van der Waals surface area contributed by atoms with E-state index in [-0.39, 0.29) is 18.3 Å². The van der Waals surface area contributed by atoms with Crippen molar-refractivity contribution in [3.05, 3.63) is 138 Å². The Morgan fingerprint density at radius 1 is 0.571 bits per heavy atom. The van der Waals surface area contributed by atoms with Crippen molar-refractivity contribution in [1.82, 2.24) is 0 Å². The number of hydrogen-bond acceptors (Lipinski definition) is 2. The number of benzene rings is 4. The molecule has 0 spiro atoms. The molecule has 4 aromatic rings. The van der Waals surface area contributed by atoms with E-state index in [2.05, 4.69) is 136 Å². The van der Waals surface area contributed by atoms with Crippen molar-refractivity contribution in [2.24, 2.45) is 5.92 Å². The van der Waals surface area contributed by atoms with Crippen molar-refractivity contribution >= 4 is 23.7 Å². The van der Waals surface area contributed by atoms with Crippen molar-refractivity contribution < 1.29 is 9.31 Å². The van der Waals surface area contributed by atoms with Gasteiger partial charge in [-0.05, 0) is 52.7 Å². The standard InChI is InChI=1S/C32H29BO2/c1-23-31(2)32(23,3)35-33(34-31)28-21-13-20-27(22-28)30(26-18-11-6-12-19-26)29(24-14-7-4-8-15-24)25-16-9-5-10-17-25/h4-23H,1-3H3. The SMILES string of the molecule is CC1C2(C)OB(c3cccc(C(=C(c4ccccc4)c4ccccc4)c4ccccc4)c3)OC12C. The number of hydrogen-bond donors (Lipinski definition) is 0. The van der Waals surface area contributed by atoms with E-state index in [1.165, 1.54) is 27.8 Å². The maximum Gasteiger partial charge on any atom is 0.494 e. The van der Waals surface area contributed by atoms with Crippen LogP contribution >= 0.6 is 0 Å². The summed E-state index contributed by atoms with van der Waals surface area (Å²) in [5.41, 5.74) is 7.72. The van der Waals surface area contributed by atoms with Crippen molar-refractivity contribution in [3.8, 4) is 0 Å². The second-order valence-corrected chi connectivity index (χ2v) is 9.98. The lowest BCUT2D eigenvalue weighted by molar-refractivity contribution is 0.187. The van der Waals surface area contributed by atoms with E-state index in [0.29, 0.717) is 5.92 Å². The third-order valence-electron chi connectivity index (χ3n) is 8.14. The minimum atomic E-state index is -0.352. The van der Waals surface area contributed by atoms with Gasteiger partial charge in [-0.3, -0.25) is 0 Å².